The topological polar surface area (TPSA) is 72.2 Å². The van der Waals surface area contributed by atoms with E-state index in [1.165, 1.54) is 6.07 Å². The van der Waals surface area contributed by atoms with Crippen LogP contribution < -0.4 is 11.1 Å². The first kappa shape index (κ1) is 25.4. The molecule has 4 aromatic carbocycles. The number of rotatable bonds is 9. The summed E-state index contributed by atoms with van der Waals surface area (Å²) in [5, 5.41) is 4.63. The molecule has 0 radical (unpaired) electrons. The van der Waals surface area contributed by atoms with E-state index in [-0.39, 0.29) is 30.1 Å². The number of fused-ring (bicyclic) bond motifs is 1. The van der Waals surface area contributed by atoms with Crippen LogP contribution in [0.4, 0.5) is 4.39 Å². The first-order chi connectivity index (χ1) is 17.4. The van der Waals surface area contributed by atoms with Crippen LogP contribution in [-0.4, -0.2) is 18.4 Å². The van der Waals surface area contributed by atoms with E-state index in [0.29, 0.717) is 16.0 Å². The maximum absolute atomic E-state index is 14.7. The number of benzene rings is 4. The average Bonchev–Trinajstić information content (AvgIpc) is 2.89. The average molecular weight is 503 g/mol. The third kappa shape index (κ3) is 5.58. The molecule has 1 unspecified atom stereocenters. The Bertz CT molecular complexity index is 1370. The van der Waals surface area contributed by atoms with Crippen LogP contribution in [0.1, 0.15) is 58.6 Å². The lowest BCUT2D eigenvalue weighted by molar-refractivity contribution is -0.117. The van der Waals surface area contributed by atoms with Crippen molar-refractivity contribution in [3.8, 4) is 0 Å². The molecule has 4 aromatic rings. The van der Waals surface area contributed by atoms with Gasteiger partial charge in [0, 0.05) is 21.9 Å². The molecule has 0 fully saturated rings. The van der Waals surface area contributed by atoms with E-state index >= 15 is 0 Å². The van der Waals surface area contributed by atoms with E-state index in [4.69, 9.17) is 17.3 Å². The van der Waals surface area contributed by atoms with Gasteiger partial charge >= 0.3 is 0 Å². The number of hydrogen-bond donors (Lipinski definition) is 2. The zero-order valence-electron chi connectivity index (χ0n) is 20.0. The predicted octanol–water partition coefficient (Wildman–Crippen LogP) is 6.56. The van der Waals surface area contributed by atoms with Gasteiger partial charge in [0.1, 0.15) is 5.82 Å². The molecule has 0 bridgehead atoms. The second-order valence-corrected chi connectivity index (χ2v) is 9.31. The summed E-state index contributed by atoms with van der Waals surface area (Å²) in [5.41, 5.74) is 8.77. The predicted molar refractivity (Wildman–Crippen MR) is 143 cm³/mol. The van der Waals surface area contributed by atoms with Crippen molar-refractivity contribution in [1.82, 2.24) is 5.32 Å². The summed E-state index contributed by atoms with van der Waals surface area (Å²) in [5.74, 6) is -1.20. The molecule has 6 heteroatoms. The molecule has 0 spiro atoms. The Morgan fingerprint density at radius 2 is 1.53 bits per heavy atom. The number of primary amides is 1. The van der Waals surface area contributed by atoms with Crippen LogP contribution in [0.3, 0.4) is 0 Å². The second kappa shape index (κ2) is 11.4. The molecule has 4 rings (SSSR count). The highest BCUT2D eigenvalue weighted by Crippen LogP contribution is 2.44. The van der Waals surface area contributed by atoms with E-state index in [2.05, 4.69) is 12.2 Å². The second-order valence-electron chi connectivity index (χ2n) is 8.88. The summed E-state index contributed by atoms with van der Waals surface area (Å²) in [6.45, 7) is 1.93. The van der Waals surface area contributed by atoms with Crippen LogP contribution in [0.5, 0.6) is 0 Å². The number of nitrogens with one attached hydrogen (secondary N) is 1. The van der Waals surface area contributed by atoms with Gasteiger partial charge in [-0.1, -0.05) is 79.5 Å². The highest BCUT2D eigenvalue weighted by Gasteiger charge is 2.28. The summed E-state index contributed by atoms with van der Waals surface area (Å²) in [6.07, 6.45) is 1.82. The Morgan fingerprint density at radius 3 is 2.17 bits per heavy atom. The smallest absolute Gasteiger partial charge is 0.251 e. The standard InChI is InChI=1S/C30H28ClFN2O2/c1-2-5-23(19-8-10-21(11-9-19)30(36)34-18-28(33)35)29(20-12-14-22(31)15-13-20)26-16-17-27(32)25-7-4-3-6-24(25)26/h3-4,6-17,23,29H,2,5,18H2,1H3,(H2,33,35)(H,34,36)/t23-,29?/m1/s1. The number of carbonyl (C=O) groups excluding carboxylic acids is 2. The molecule has 0 saturated heterocycles. The first-order valence-electron chi connectivity index (χ1n) is 12.0. The summed E-state index contributed by atoms with van der Waals surface area (Å²) >= 11 is 6.21. The van der Waals surface area contributed by atoms with Crippen molar-refractivity contribution in [3.05, 3.63) is 118 Å². The van der Waals surface area contributed by atoms with Gasteiger partial charge in [0.25, 0.3) is 5.91 Å². The largest absolute Gasteiger partial charge is 0.368 e. The van der Waals surface area contributed by atoms with Crippen molar-refractivity contribution in [3.63, 3.8) is 0 Å². The van der Waals surface area contributed by atoms with Crippen molar-refractivity contribution < 1.29 is 14.0 Å². The van der Waals surface area contributed by atoms with Crippen LogP contribution in [-0.2, 0) is 4.79 Å². The SMILES string of the molecule is CCC[C@H](c1ccc(C(=O)NCC(N)=O)cc1)C(c1ccc(Cl)cc1)c1ccc(F)c2ccccc12. The molecule has 0 saturated carbocycles. The van der Waals surface area contributed by atoms with E-state index in [1.54, 1.807) is 18.2 Å². The van der Waals surface area contributed by atoms with Gasteiger partial charge in [0.2, 0.25) is 5.91 Å². The maximum Gasteiger partial charge on any atom is 0.251 e. The highest BCUT2D eigenvalue weighted by molar-refractivity contribution is 6.30. The van der Waals surface area contributed by atoms with E-state index in [1.807, 2.05) is 60.7 Å². The number of nitrogens with two attached hydrogens (primary N) is 1. The van der Waals surface area contributed by atoms with Gasteiger partial charge in [-0.15, -0.1) is 0 Å². The van der Waals surface area contributed by atoms with Gasteiger partial charge in [-0.2, -0.15) is 0 Å². The van der Waals surface area contributed by atoms with Crippen LogP contribution in [0.25, 0.3) is 10.8 Å². The molecule has 0 aliphatic rings. The van der Waals surface area contributed by atoms with Crippen molar-refractivity contribution >= 4 is 34.2 Å². The minimum absolute atomic E-state index is 0.0628. The zero-order chi connectivity index (χ0) is 25.7. The fourth-order valence-electron chi connectivity index (χ4n) is 4.84. The van der Waals surface area contributed by atoms with Gasteiger partial charge < -0.3 is 11.1 Å². The number of carbonyl (C=O) groups is 2. The van der Waals surface area contributed by atoms with Crippen LogP contribution >= 0.6 is 11.6 Å². The molecule has 2 atom stereocenters. The fraction of sp³-hybridized carbons (Fsp3) is 0.200. The normalized spacial score (nSPS) is 12.8. The molecule has 0 aromatic heterocycles. The molecule has 2 amide bonds. The summed E-state index contributed by atoms with van der Waals surface area (Å²) in [4.78, 5) is 23.4. The first-order valence-corrected chi connectivity index (χ1v) is 12.4. The number of amides is 2. The Kier molecular flexibility index (Phi) is 8.01. The molecule has 4 nitrogen and oxygen atoms in total. The van der Waals surface area contributed by atoms with Gasteiger partial charge in [-0.05, 0) is 64.7 Å². The molecule has 0 aliphatic carbocycles. The lowest BCUT2D eigenvalue weighted by atomic mass is 9.74. The van der Waals surface area contributed by atoms with E-state index < -0.39 is 5.91 Å². The van der Waals surface area contributed by atoms with E-state index in [0.717, 1.165) is 34.9 Å². The Labute approximate surface area is 215 Å². The van der Waals surface area contributed by atoms with E-state index in [9.17, 15) is 14.0 Å². The monoisotopic (exact) mass is 502 g/mol. The van der Waals surface area contributed by atoms with Gasteiger partial charge in [0.15, 0.2) is 0 Å². The minimum atomic E-state index is -0.597. The Hall–Kier alpha value is -3.70. The van der Waals surface area contributed by atoms with Gasteiger partial charge in [-0.3, -0.25) is 9.59 Å². The molecule has 36 heavy (non-hydrogen) atoms. The maximum atomic E-state index is 14.7. The van der Waals surface area contributed by atoms with Crippen LogP contribution in [0, 0.1) is 5.82 Å². The molecule has 3 N–H and O–H groups in total. The minimum Gasteiger partial charge on any atom is -0.368 e. The summed E-state index contributed by atoms with van der Waals surface area (Å²) in [7, 11) is 0. The zero-order valence-corrected chi connectivity index (χ0v) is 20.8. The lowest BCUT2D eigenvalue weighted by Crippen LogP contribution is -2.33. The number of halogens is 2. The van der Waals surface area contributed by atoms with Crippen molar-refractivity contribution in [2.75, 3.05) is 6.54 Å². The third-order valence-corrected chi connectivity index (χ3v) is 6.75. The summed E-state index contributed by atoms with van der Waals surface area (Å²) < 4.78 is 14.7. The van der Waals surface area contributed by atoms with Crippen molar-refractivity contribution in [1.29, 1.82) is 0 Å². The molecule has 0 aliphatic heterocycles. The summed E-state index contributed by atoms with van der Waals surface area (Å²) in [6, 6.07) is 26.2. The molecule has 0 heterocycles. The molecule has 184 valence electrons. The van der Waals surface area contributed by atoms with Gasteiger partial charge in [-0.25, -0.2) is 4.39 Å². The Morgan fingerprint density at radius 1 is 0.889 bits per heavy atom. The fourth-order valence-corrected chi connectivity index (χ4v) is 4.97. The van der Waals surface area contributed by atoms with Crippen molar-refractivity contribution in [2.24, 2.45) is 5.73 Å². The highest BCUT2D eigenvalue weighted by atomic mass is 35.5. The molecular weight excluding hydrogens is 475 g/mol. The van der Waals surface area contributed by atoms with Crippen LogP contribution in [0.2, 0.25) is 5.02 Å². The van der Waals surface area contributed by atoms with Crippen molar-refractivity contribution in [2.45, 2.75) is 31.6 Å². The lowest BCUT2D eigenvalue weighted by Gasteiger charge is -2.30. The third-order valence-electron chi connectivity index (χ3n) is 6.50. The molecular formula is C30H28ClFN2O2. The quantitative estimate of drug-likeness (QED) is 0.272. The number of hydrogen-bond acceptors (Lipinski definition) is 2. The van der Waals surface area contributed by atoms with Crippen LogP contribution in [0.15, 0.2) is 84.9 Å². The van der Waals surface area contributed by atoms with Gasteiger partial charge in [0.05, 0.1) is 6.54 Å². The Balaban J connectivity index is 1.81.